The summed E-state index contributed by atoms with van der Waals surface area (Å²) in [5, 5.41) is 14.6. The van der Waals surface area contributed by atoms with Crippen molar-refractivity contribution in [2.24, 2.45) is 0 Å². The minimum atomic E-state index is -0.381. The average Bonchev–Trinajstić information content (AvgIpc) is 3.33. The Bertz CT molecular complexity index is 1480. The van der Waals surface area contributed by atoms with Gasteiger partial charge in [-0.15, -0.1) is 0 Å². The van der Waals surface area contributed by atoms with Crippen LogP contribution in [0.15, 0.2) is 72.8 Å². The first-order valence-electron chi connectivity index (χ1n) is 13.4. The van der Waals surface area contributed by atoms with Gasteiger partial charge >= 0.3 is 6.03 Å². The van der Waals surface area contributed by atoms with E-state index in [2.05, 4.69) is 33.4 Å². The molecule has 8 heteroatoms. The molecule has 0 saturated carbocycles. The van der Waals surface area contributed by atoms with Gasteiger partial charge in [0.2, 0.25) is 0 Å². The molecule has 7 nitrogen and oxygen atoms in total. The molecule has 0 radical (unpaired) electrons. The lowest BCUT2D eigenvalue weighted by Gasteiger charge is -2.50. The van der Waals surface area contributed by atoms with Crippen LogP contribution in [0.5, 0.6) is 5.75 Å². The van der Waals surface area contributed by atoms with Gasteiger partial charge in [0.15, 0.2) is 0 Å². The van der Waals surface area contributed by atoms with Gasteiger partial charge in [-0.2, -0.15) is 0 Å². The van der Waals surface area contributed by atoms with Gasteiger partial charge in [0, 0.05) is 59.9 Å². The number of carbonyl (C=O) groups is 1. The number of aliphatic hydroxyl groups excluding tert-OH is 1. The number of methoxy groups -OCH3 is 1. The minimum absolute atomic E-state index is 0.00202. The fourth-order valence-corrected chi connectivity index (χ4v) is 6.41. The summed E-state index contributed by atoms with van der Waals surface area (Å²) in [6.45, 7) is 2.65. The number of benzene rings is 3. The number of piperidine rings is 1. The number of anilines is 1. The number of aromatic nitrogens is 1. The van der Waals surface area contributed by atoms with Crippen LogP contribution in [0.3, 0.4) is 0 Å². The number of amides is 2. The molecule has 1 atom stereocenters. The lowest BCUT2D eigenvalue weighted by Crippen LogP contribution is -2.54. The zero-order valence-electron chi connectivity index (χ0n) is 22.0. The van der Waals surface area contributed by atoms with Crippen molar-refractivity contribution in [1.82, 2.24) is 14.8 Å². The molecule has 3 N–H and O–H groups in total. The van der Waals surface area contributed by atoms with Gasteiger partial charge in [-0.3, -0.25) is 4.90 Å². The summed E-state index contributed by atoms with van der Waals surface area (Å²) in [6.07, 6.45) is 1.55. The van der Waals surface area contributed by atoms with Gasteiger partial charge in [0.05, 0.1) is 19.8 Å². The van der Waals surface area contributed by atoms with E-state index in [1.54, 1.807) is 19.2 Å². The Morgan fingerprint density at radius 3 is 2.62 bits per heavy atom. The Kier molecular flexibility index (Phi) is 6.74. The number of urea groups is 1. The molecule has 1 aromatic heterocycles. The number of aromatic amines is 1. The zero-order chi connectivity index (χ0) is 27.0. The number of hydrogen-bond acceptors (Lipinski definition) is 4. The van der Waals surface area contributed by atoms with Crippen LogP contribution in [0.2, 0.25) is 0 Å². The molecule has 1 spiro atoms. The lowest BCUT2D eigenvalue weighted by molar-refractivity contribution is 0.0495. The molecule has 39 heavy (non-hydrogen) atoms. The first kappa shape index (κ1) is 25.4. The second-order valence-electron chi connectivity index (χ2n) is 10.6. The Labute approximate surface area is 227 Å². The van der Waals surface area contributed by atoms with Crippen molar-refractivity contribution in [3.63, 3.8) is 0 Å². The second-order valence-corrected chi connectivity index (χ2v) is 10.6. The maximum atomic E-state index is 13.6. The highest BCUT2D eigenvalue weighted by atomic mass is 19.1. The predicted octanol–water partition coefficient (Wildman–Crippen LogP) is 5.43. The molecule has 2 aliphatic rings. The molecule has 0 aliphatic carbocycles. The van der Waals surface area contributed by atoms with Gasteiger partial charge in [0.25, 0.3) is 0 Å². The van der Waals surface area contributed by atoms with Crippen LogP contribution in [-0.2, 0) is 12.0 Å². The monoisotopic (exact) mass is 528 g/mol. The number of hydrogen-bond donors (Lipinski definition) is 3. The average molecular weight is 529 g/mol. The van der Waals surface area contributed by atoms with E-state index < -0.39 is 0 Å². The summed E-state index contributed by atoms with van der Waals surface area (Å²) < 4.78 is 19.1. The fourth-order valence-electron chi connectivity index (χ4n) is 6.41. The molecule has 1 saturated heterocycles. The Morgan fingerprint density at radius 2 is 1.90 bits per heavy atom. The van der Waals surface area contributed by atoms with Gasteiger partial charge in [-0.25, -0.2) is 9.18 Å². The summed E-state index contributed by atoms with van der Waals surface area (Å²) in [7, 11) is 1.66. The highest BCUT2D eigenvalue weighted by molar-refractivity contribution is 5.90. The first-order valence-corrected chi connectivity index (χ1v) is 13.4. The van der Waals surface area contributed by atoms with E-state index >= 15 is 0 Å². The number of carbonyl (C=O) groups excluding carboxylic acids is 1. The number of rotatable bonds is 5. The van der Waals surface area contributed by atoms with E-state index in [9.17, 15) is 14.3 Å². The Morgan fingerprint density at radius 1 is 1.10 bits per heavy atom. The number of aliphatic hydroxyl groups is 1. The van der Waals surface area contributed by atoms with Crippen molar-refractivity contribution in [1.29, 1.82) is 0 Å². The molecule has 0 unspecified atom stereocenters. The fraction of sp³-hybridized carbons (Fsp3) is 0.323. The van der Waals surface area contributed by atoms with Crippen LogP contribution in [0.1, 0.15) is 35.7 Å². The van der Waals surface area contributed by atoms with E-state index in [-0.39, 0.29) is 29.9 Å². The molecule has 3 heterocycles. The molecular formula is C31H33FN4O3. The van der Waals surface area contributed by atoms with E-state index in [1.807, 2.05) is 35.2 Å². The van der Waals surface area contributed by atoms with Crippen LogP contribution >= 0.6 is 0 Å². The van der Waals surface area contributed by atoms with Gasteiger partial charge in [-0.1, -0.05) is 36.4 Å². The SMILES string of the molecule is COc1ccc2c3c([nH]c2c1)[C@@H](CO)N(Cc1ccccc1)CC31CCN(C(=O)Nc2cccc(F)c2)CC1. The van der Waals surface area contributed by atoms with Crippen LogP contribution in [0.4, 0.5) is 14.9 Å². The highest BCUT2D eigenvalue weighted by Crippen LogP contribution is 2.49. The standard InChI is InChI=1S/C31H33FN4O3/c1-39-24-10-11-25-26(17-24)34-29-27(19-37)36(18-21-6-3-2-4-7-21)20-31(28(25)29)12-14-35(15-13-31)30(38)33-23-9-5-8-22(32)16-23/h2-11,16-17,27,34,37H,12-15,18-20H2,1H3,(H,33,38)/t27-/m1/s1. The summed E-state index contributed by atoms with van der Waals surface area (Å²) in [5.41, 5.74) is 4.72. The minimum Gasteiger partial charge on any atom is -0.497 e. The molecule has 2 amide bonds. The first-order chi connectivity index (χ1) is 19.0. The second kappa shape index (κ2) is 10.4. The third-order valence-electron chi connectivity index (χ3n) is 8.33. The van der Waals surface area contributed by atoms with E-state index in [0.717, 1.165) is 48.3 Å². The smallest absolute Gasteiger partial charge is 0.321 e. The van der Waals surface area contributed by atoms with Crippen LogP contribution in [0, 0.1) is 5.82 Å². The number of H-pyrrole nitrogens is 1. The van der Waals surface area contributed by atoms with Crippen molar-refractivity contribution in [3.05, 3.63) is 95.4 Å². The maximum Gasteiger partial charge on any atom is 0.321 e. The summed E-state index contributed by atoms with van der Waals surface area (Å²) in [5.74, 6) is 0.397. The summed E-state index contributed by atoms with van der Waals surface area (Å²) in [6, 6.07) is 22.0. The summed E-state index contributed by atoms with van der Waals surface area (Å²) >= 11 is 0. The molecule has 2 aliphatic heterocycles. The number of fused-ring (bicyclic) bond motifs is 4. The molecule has 1 fully saturated rings. The highest BCUT2D eigenvalue weighted by Gasteiger charge is 2.47. The van der Waals surface area contributed by atoms with Crippen molar-refractivity contribution >= 4 is 22.6 Å². The summed E-state index contributed by atoms with van der Waals surface area (Å²) in [4.78, 5) is 20.9. The third kappa shape index (κ3) is 4.75. The maximum absolute atomic E-state index is 13.6. The zero-order valence-corrected chi connectivity index (χ0v) is 22.0. The molecular weight excluding hydrogens is 495 g/mol. The van der Waals surface area contributed by atoms with Gasteiger partial charge in [0.1, 0.15) is 11.6 Å². The third-order valence-corrected chi connectivity index (χ3v) is 8.33. The number of likely N-dealkylation sites (tertiary alicyclic amines) is 1. The number of nitrogens with zero attached hydrogens (tertiary/aromatic N) is 2. The lowest BCUT2D eigenvalue weighted by atomic mass is 9.68. The molecule has 202 valence electrons. The van der Waals surface area contributed by atoms with Crippen molar-refractivity contribution in [2.75, 3.05) is 38.7 Å². The molecule has 3 aromatic carbocycles. The van der Waals surface area contributed by atoms with E-state index in [0.29, 0.717) is 18.8 Å². The molecule has 0 bridgehead atoms. The van der Waals surface area contributed by atoms with Gasteiger partial charge in [-0.05, 0) is 54.3 Å². The number of halogens is 1. The van der Waals surface area contributed by atoms with Crippen molar-refractivity contribution in [2.45, 2.75) is 30.8 Å². The van der Waals surface area contributed by atoms with Crippen LogP contribution in [-0.4, -0.2) is 59.3 Å². The topological polar surface area (TPSA) is 80.8 Å². The van der Waals surface area contributed by atoms with Crippen molar-refractivity contribution < 1.29 is 19.0 Å². The Balaban J connectivity index is 1.33. The normalized spacial score (nSPS) is 18.7. The molecule has 4 aromatic rings. The largest absolute Gasteiger partial charge is 0.497 e. The van der Waals surface area contributed by atoms with Crippen LogP contribution < -0.4 is 10.1 Å². The predicted molar refractivity (Wildman–Crippen MR) is 149 cm³/mol. The number of nitrogens with one attached hydrogen (secondary N) is 2. The quantitative estimate of drug-likeness (QED) is 0.323. The number of ether oxygens (including phenoxy) is 1. The molecule has 6 rings (SSSR count). The van der Waals surface area contributed by atoms with Gasteiger partial charge < -0.3 is 25.0 Å². The van der Waals surface area contributed by atoms with Crippen LogP contribution in [0.25, 0.3) is 10.9 Å². The van der Waals surface area contributed by atoms with E-state index in [4.69, 9.17) is 4.74 Å². The van der Waals surface area contributed by atoms with E-state index in [1.165, 1.54) is 23.3 Å². The Hall–Kier alpha value is -3.88. The van der Waals surface area contributed by atoms with Crippen molar-refractivity contribution in [3.8, 4) is 5.75 Å².